The Balaban J connectivity index is 1.47. The van der Waals surface area contributed by atoms with E-state index in [1.54, 1.807) is 11.1 Å². The highest BCUT2D eigenvalue weighted by atomic mass is 14.9. The first-order valence-electron chi connectivity index (χ1n) is 7.93. The van der Waals surface area contributed by atoms with E-state index in [1.807, 2.05) is 0 Å². The summed E-state index contributed by atoms with van der Waals surface area (Å²) in [5.74, 6) is 2.62. The summed E-state index contributed by atoms with van der Waals surface area (Å²) in [6, 6.07) is 6.83. The number of fused-ring (bicyclic) bond motifs is 3. The summed E-state index contributed by atoms with van der Waals surface area (Å²) >= 11 is 0. The van der Waals surface area contributed by atoms with Crippen molar-refractivity contribution in [3.05, 3.63) is 41.5 Å². The van der Waals surface area contributed by atoms with Crippen molar-refractivity contribution < 1.29 is 0 Å². The summed E-state index contributed by atoms with van der Waals surface area (Å²) in [5.41, 5.74) is 4.61. The Hall–Kier alpha value is -1.24. The third kappa shape index (κ3) is 2.09. The minimum Gasteiger partial charge on any atom is -0.385 e. The van der Waals surface area contributed by atoms with E-state index >= 15 is 0 Å². The van der Waals surface area contributed by atoms with E-state index in [9.17, 15) is 0 Å². The van der Waals surface area contributed by atoms with Crippen LogP contribution in [0.1, 0.15) is 36.8 Å². The third-order valence-corrected chi connectivity index (χ3v) is 5.37. The predicted octanol–water partition coefficient (Wildman–Crippen LogP) is 4.19. The summed E-state index contributed by atoms with van der Waals surface area (Å²) < 4.78 is 0. The smallest absolute Gasteiger partial charge is 0.0375 e. The van der Waals surface area contributed by atoms with Crippen LogP contribution in [0, 0.1) is 17.8 Å². The average molecular weight is 253 g/mol. The lowest BCUT2D eigenvalue weighted by atomic mass is 9.89. The molecule has 1 nitrogen and oxygen atoms in total. The van der Waals surface area contributed by atoms with Crippen LogP contribution in [0.3, 0.4) is 0 Å². The molecule has 1 aromatic rings. The second kappa shape index (κ2) is 4.70. The molecule has 0 aliphatic heterocycles. The van der Waals surface area contributed by atoms with Crippen molar-refractivity contribution in [3.63, 3.8) is 0 Å². The Kier molecular flexibility index (Phi) is 2.86. The fourth-order valence-corrected chi connectivity index (χ4v) is 4.32. The summed E-state index contributed by atoms with van der Waals surface area (Å²) in [4.78, 5) is 0. The van der Waals surface area contributed by atoms with Crippen molar-refractivity contribution >= 4 is 5.69 Å². The van der Waals surface area contributed by atoms with Gasteiger partial charge in [0.25, 0.3) is 0 Å². The molecule has 0 saturated heterocycles. The summed E-state index contributed by atoms with van der Waals surface area (Å²) in [5, 5.41) is 3.77. The highest BCUT2D eigenvalue weighted by Gasteiger charge is 2.35. The van der Waals surface area contributed by atoms with Crippen LogP contribution in [0.5, 0.6) is 0 Å². The minimum atomic E-state index is 0.858. The molecule has 1 saturated carbocycles. The maximum atomic E-state index is 3.77. The van der Waals surface area contributed by atoms with Crippen molar-refractivity contribution in [2.24, 2.45) is 17.8 Å². The Morgan fingerprint density at radius 3 is 2.84 bits per heavy atom. The maximum absolute atomic E-state index is 3.77. The van der Waals surface area contributed by atoms with Crippen LogP contribution in [-0.4, -0.2) is 6.54 Å². The lowest BCUT2D eigenvalue weighted by Gasteiger charge is -2.23. The van der Waals surface area contributed by atoms with Crippen molar-refractivity contribution in [2.75, 3.05) is 11.9 Å². The second-order valence-corrected chi connectivity index (χ2v) is 6.57. The van der Waals surface area contributed by atoms with Gasteiger partial charge in [-0.2, -0.15) is 0 Å². The number of hydrogen-bond acceptors (Lipinski definition) is 1. The topological polar surface area (TPSA) is 12.0 Å². The van der Waals surface area contributed by atoms with Crippen molar-refractivity contribution in [1.82, 2.24) is 0 Å². The van der Waals surface area contributed by atoms with E-state index in [1.165, 1.54) is 50.8 Å². The van der Waals surface area contributed by atoms with E-state index in [4.69, 9.17) is 0 Å². The van der Waals surface area contributed by atoms with E-state index in [0.29, 0.717) is 0 Å². The Labute approximate surface area is 116 Å². The van der Waals surface area contributed by atoms with Gasteiger partial charge in [-0.15, -0.1) is 0 Å². The van der Waals surface area contributed by atoms with Crippen LogP contribution in [0.25, 0.3) is 0 Å². The fraction of sp³-hybridized carbons (Fsp3) is 0.556. The molecule has 19 heavy (non-hydrogen) atoms. The van der Waals surface area contributed by atoms with Crippen LogP contribution < -0.4 is 5.32 Å². The molecule has 1 aromatic carbocycles. The Morgan fingerprint density at radius 1 is 1.05 bits per heavy atom. The van der Waals surface area contributed by atoms with Gasteiger partial charge in [-0.1, -0.05) is 24.3 Å². The molecule has 100 valence electrons. The first-order chi connectivity index (χ1) is 9.40. The van der Waals surface area contributed by atoms with Gasteiger partial charge in [0.05, 0.1) is 0 Å². The molecule has 0 spiro atoms. The van der Waals surface area contributed by atoms with Crippen LogP contribution in [0.2, 0.25) is 0 Å². The molecule has 3 unspecified atom stereocenters. The summed E-state index contributed by atoms with van der Waals surface area (Å²) in [6.45, 7) is 1.17. The first kappa shape index (κ1) is 11.6. The largest absolute Gasteiger partial charge is 0.385 e. The lowest BCUT2D eigenvalue weighted by molar-refractivity contribution is 0.471. The monoisotopic (exact) mass is 253 g/mol. The third-order valence-electron chi connectivity index (χ3n) is 5.37. The Bertz CT molecular complexity index is 502. The average Bonchev–Trinajstić information content (AvgIpc) is 3.07. The van der Waals surface area contributed by atoms with Crippen molar-refractivity contribution in [1.29, 1.82) is 0 Å². The molecule has 3 aliphatic carbocycles. The van der Waals surface area contributed by atoms with Gasteiger partial charge >= 0.3 is 0 Å². The quantitative estimate of drug-likeness (QED) is 0.796. The zero-order chi connectivity index (χ0) is 12.7. The lowest BCUT2D eigenvalue weighted by Crippen LogP contribution is -2.19. The number of hydrogen-bond donors (Lipinski definition) is 1. The van der Waals surface area contributed by atoms with Gasteiger partial charge in [-0.25, -0.2) is 0 Å². The van der Waals surface area contributed by atoms with Gasteiger partial charge in [0.15, 0.2) is 0 Å². The molecule has 0 amide bonds. The Morgan fingerprint density at radius 2 is 2.00 bits per heavy atom. The molecular formula is C18H23N. The number of anilines is 1. The molecule has 1 fully saturated rings. The van der Waals surface area contributed by atoms with E-state index in [0.717, 1.165) is 17.8 Å². The highest BCUT2D eigenvalue weighted by Crippen LogP contribution is 2.43. The van der Waals surface area contributed by atoms with Gasteiger partial charge in [-0.3, -0.25) is 0 Å². The first-order valence-corrected chi connectivity index (χ1v) is 7.93. The van der Waals surface area contributed by atoms with Crippen molar-refractivity contribution in [2.45, 2.75) is 38.5 Å². The predicted molar refractivity (Wildman–Crippen MR) is 80.4 cm³/mol. The van der Waals surface area contributed by atoms with Gasteiger partial charge in [-0.05, 0) is 73.5 Å². The van der Waals surface area contributed by atoms with Gasteiger partial charge < -0.3 is 5.32 Å². The minimum absolute atomic E-state index is 0.858. The zero-order valence-electron chi connectivity index (χ0n) is 11.6. The number of allylic oxidation sites excluding steroid dienone is 2. The molecule has 0 aromatic heterocycles. The van der Waals surface area contributed by atoms with Crippen LogP contribution in [0.15, 0.2) is 30.4 Å². The standard InChI is InChI=1S/C18H23N/c1-2-6-17-14(4-1)5-3-7-18(17)19-12-16-11-13-8-9-15(16)10-13/h3,5,7-9,13,15-16,19H,1-2,4,6,10-12H2. The van der Waals surface area contributed by atoms with Gasteiger partial charge in [0, 0.05) is 12.2 Å². The SMILES string of the molecule is C1=CC2CC1CC2CNc1cccc2c1CCCC2. The molecule has 1 N–H and O–H groups in total. The maximum Gasteiger partial charge on any atom is 0.0375 e. The van der Waals surface area contributed by atoms with Crippen molar-refractivity contribution in [3.8, 4) is 0 Å². The van der Waals surface area contributed by atoms with Crippen LogP contribution in [0.4, 0.5) is 5.69 Å². The molecular weight excluding hydrogens is 230 g/mol. The molecule has 0 radical (unpaired) electrons. The molecule has 1 heteroatoms. The molecule has 3 aliphatic rings. The van der Waals surface area contributed by atoms with Crippen LogP contribution >= 0.6 is 0 Å². The normalized spacial score (nSPS) is 31.5. The van der Waals surface area contributed by atoms with Crippen LogP contribution in [-0.2, 0) is 12.8 Å². The number of aryl methyl sites for hydroxylation is 1. The van der Waals surface area contributed by atoms with E-state index in [2.05, 4.69) is 35.7 Å². The zero-order valence-corrected chi connectivity index (χ0v) is 11.6. The number of rotatable bonds is 3. The molecule has 0 heterocycles. The fourth-order valence-electron chi connectivity index (χ4n) is 4.32. The second-order valence-electron chi connectivity index (χ2n) is 6.57. The molecule has 3 atom stereocenters. The summed E-state index contributed by atoms with van der Waals surface area (Å²) in [6.07, 6.45) is 13.0. The van der Waals surface area contributed by atoms with Gasteiger partial charge in [0.1, 0.15) is 0 Å². The van der Waals surface area contributed by atoms with E-state index in [-0.39, 0.29) is 0 Å². The van der Waals surface area contributed by atoms with E-state index < -0.39 is 0 Å². The van der Waals surface area contributed by atoms with Gasteiger partial charge in [0.2, 0.25) is 0 Å². The molecule has 2 bridgehead atoms. The highest BCUT2D eigenvalue weighted by molar-refractivity contribution is 5.55. The molecule has 4 rings (SSSR count). The number of benzene rings is 1. The summed E-state index contributed by atoms with van der Waals surface area (Å²) in [7, 11) is 0. The number of nitrogens with one attached hydrogen (secondary N) is 1.